The lowest BCUT2D eigenvalue weighted by Crippen LogP contribution is -2.09. The van der Waals surface area contributed by atoms with E-state index < -0.39 is 0 Å². The van der Waals surface area contributed by atoms with Crippen LogP contribution in [0.15, 0.2) is 34.2 Å². The minimum Gasteiger partial charge on any atom is -0.301 e. The van der Waals surface area contributed by atoms with Gasteiger partial charge in [0.05, 0.1) is 5.39 Å². The lowest BCUT2D eigenvalue weighted by molar-refractivity contribution is -0.116. The van der Waals surface area contributed by atoms with E-state index in [0.717, 1.165) is 16.0 Å². The second-order valence-electron chi connectivity index (χ2n) is 5.39. The van der Waals surface area contributed by atoms with Gasteiger partial charge in [0.25, 0.3) is 5.56 Å². The lowest BCUT2D eigenvalue weighted by atomic mass is 10.0. The minimum atomic E-state index is -0.153. The number of fused-ring (bicyclic) bond motifs is 1. The fourth-order valence-corrected chi connectivity index (χ4v) is 4.56. The van der Waals surface area contributed by atoms with Crippen molar-refractivity contribution in [2.45, 2.75) is 25.4 Å². The number of aromatic amines is 1. The van der Waals surface area contributed by atoms with Crippen molar-refractivity contribution in [3.8, 4) is 11.1 Å². The largest absolute Gasteiger partial charge is 0.301 e. The summed E-state index contributed by atoms with van der Waals surface area (Å²) in [6.45, 7) is 3.54. The molecule has 3 rings (SSSR count). The second kappa shape index (κ2) is 7.09. The normalized spacial score (nSPS) is 11.1. The third-order valence-corrected chi connectivity index (χ3v) is 5.67. The van der Waals surface area contributed by atoms with Gasteiger partial charge in [0, 0.05) is 27.6 Å². The number of carbonyl (C=O) groups excluding carboxylic acids is 1. The molecule has 0 aliphatic heterocycles. The average molecular weight is 379 g/mol. The van der Waals surface area contributed by atoms with Gasteiger partial charge in [-0.25, -0.2) is 4.98 Å². The Morgan fingerprint density at radius 3 is 2.71 bits per heavy atom. The lowest BCUT2D eigenvalue weighted by Gasteiger charge is -2.03. The molecule has 0 radical (unpaired) electrons. The molecule has 0 fully saturated rings. The molecule has 0 bridgehead atoms. The van der Waals surface area contributed by atoms with Gasteiger partial charge < -0.3 is 4.98 Å². The van der Waals surface area contributed by atoms with Crippen LogP contribution < -0.4 is 5.56 Å². The maximum absolute atomic E-state index is 12.6. The molecule has 0 amide bonds. The van der Waals surface area contributed by atoms with Gasteiger partial charge in [-0.05, 0) is 31.5 Å². The second-order valence-corrected chi connectivity index (χ2v) is 8.12. The van der Waals surface area contributed by atoms with Crippen molar-refractivity contribution in [3.63, 3.8) is 0 Å². The number of thioether (sulfide) groups is 1. The van der Waals surface area contributed by atoms with Crippen LogP contribution in [0, 0.1) is 6.92 Å². The first-order valence-corrected chi connectivity index (χ1v) is 9.55. The van der Waals surface area contributed by atoms with Crippen LogP contribution in [-0.4, -0.2) is 21.5 Å². The van der Waals surface area contributed by atoms with Crippen molar-refractivity contribution < 1.29 is 4.79 Å². The Morgan fingerprint density at radius 2 is 2.04 bits per heavy atom. The SMILES string of the molecule is CC(=O)CCSc1nc2sc(C)c(-c3ccc(Cl)cc3)c2c(=O)[nH]1. The van der Waals surface area contributed by atoms with Gasteiger partial charge >= 0.3 is 0 Å². The third kappa shape index (κ3) is 3.55. The minimum absolute atomic E-state index is 0.128. The Hall–Kier alpha value is -1.63. The van der Waals surface area contributed by atoms with Crippen LogP contribution in [0.25, 0.3) is 21.3 Å². The standard InChI is InChI=1S/C17H15ClN2O2S2/c1-9(21)7-8-23-17-19-15(22)14-13(10(2)24-16(14)20-17)11-3-5-12(18)6-4-11/h3-6H,7-8H2,1-2H3,(H,19,20,22). The van der Waals surface area contributed by atoms with Gasteiger partial charge in [-0.2, -0.15) is 0 Å². The maximum Gasteiger partial charge on any atom is 0.260 e. The van der Waals surface area contributed by atoms with Crippen molar-refractivity contribution >= 4 is 50.7 Å². The van der Waals surface area contributed by atoms with E-state index in [1.54, 1.807) is 6.92 Å². The molecule has 0 spiro atoms. The third-order valence-electron chi connectivity index (χ3n) is 3.54. The van der Waals surface area contributed by atoms with E-state index in [1.807, 2.05) is 31.2 Å². The first kappa shape index (κ1) is 17.2. The molecule has 0 aliphatic rings. The number of nitrogens with zero attached hydrogens (tertiary/aromatic N) is 1. The Bertz CT molecular complexity index is 961. The van der Waals surface area contributed by atoms with Gasteiger partial charge in [-0.3, -0.25) is 9.59 Å². The highest BCUT2D eigenvalue weighted by molar-refractivity contribution is 7.99. The maximum atomic E-state index is 12.6. The summed E-state index contributed by atoms with van der Waals surface area (Å²) in [6, 6.07) is 7.44. The summed E-state index contributed by atoms with van der Waals surface area (Å²) in [7, 11) is 0. The predicted molar refractivity (Wildman–Crippen MR) is 101 cm³/mol. The number of hydrogen-bond acceptors (Lipinski definition) is 5. The van der Waals surface area contributed by atoms with Crippen LogP contribution in [-0.2, 0) is 4.79 Å². The van der Waals surface area contributed by atoms with E-state index in [9.17, 15) is 9.59 Å². The number of H-pyrrole nitrogens is 1. The van der Waals surface area contributed by atoms with Crippen molar-refractivity contribution in [1.29, 1.82) is 0 Å². The smallest absolute Gasteiger partial charge is 0.260 e. The topological polar surface area (TPSA) is 62.8 Å². The van der Waals surface area contributed by atoms with E-state index in [-0.39, 0.29) is 11.3 Å². The van der Waals surface area contributed by atoms with Crippen molar-refractivity contribution in [1.82, 2.24) is 9.97 Å². The van der Waals surface area contributed by atoms with Gasteiger partial charge in [0.2, 0.25) is 0 Å². The summed E-state index contributed by atoms with van der Waals surface area (Å²) in [5, 5.41) is 1.82. The fourth-order valence-electron chi connectivity index (χ4n) is 2.42. The van der Waals surface area contributed by atoms with Crippen LogP contribution in [0.1, 0.15) is 18.2 Å². The molecule has 4 nitrogen and oxygen atoms in total. The Balaban J connectivity index is 2.03. The number of Topliss-reactive ketones (excluding diaryl/α,β-unsaturated/α-hetero) is 1. The summed E-state index contributed by atoms with van der Waals surface area (Å²) in [5.74, 6) is 0.737. The molecular weight excluding hydrogens is 364 g/mol. The molecule has 7 heteroatoms. The fraction of sp³-hybridized carbons (Fsp3) is 0.235. The highest BCUT2D eigenvalue weighted by atomic mass is 35.5. The van der Waals surface area contributed by atoms with E-state index >= 15 is 0 Å². The number of rotatable bonds is 5. The molecule has 1 N–H and O–H groups in total. The first-order valence-electron chi connectivity index (χ1n) is 7.37. The number of halogens is 1. The zero-order chi connectivity index (χ0) is 17.3. The van der Waals surface area contributed by atoms with Crippen molar-refractivity contribution in [3.05, 3.63) is 44.5 Å². The molecule has 0 saturated carbocycles. The van der Waals surface area contributed by atoms with Crippen LogP contribution in [0.2, 0.25) is 5.02 Å². The van der Waals surface area contributed by atoms with Gasteiger partial charge in [0.15, 0.2) is 5.16 Å². The Kier molecular flexibility index (Phi) is 5.08. The van der Waals surface area contributed by atoms with Gasteiger partial charge in [-0.1, -0.05) is 35.5 Å². The zero-order valence-corrected chi connectivity index (χ0v) is 15.6. The summed E-state index contributed by atoms with van der Waals surface area (Å²) >= 11 is 8.84. The Labute approximate surface area is 152 Å². The molecule has 2 aromatic heterocycles. The van der Waals surface area contributed by atoms with Crippen LogP contribution >= 0.6 is 34.7 Å². The van der Waals surface area contributed by atoms with Crippen LogP contribution in [0.5, 0.6) is 0 Å². The van der Waals surface area contributed by atoms with Gasteiger partial charge in [0.1, 0.15) is 10.6 Å². The zero-order valence-electron chi connectivity index (χ0n) is 13.2. The number of carbonyl (C=O) groups is 1. The van der Waals surface area contributed by atoms with Crippen LogP contribution in [0.4, 0.5) is 0 Å². The van der Waals surface area contributed by atoms with E-state index in [2.05, 4.69) is 9.97 Å². The van der Waals surface area contributed by atoms with Crippen LogP contribution in [0.3, 0.4) is 0 Å². The van der Waals surface area contributed by atoms with Gasteiger partial charge in [-0.15, -0.1) is 11.3 Å². The molecule has 124 valence electrons. The molecule has 1 aromatic carbocycles. The predicted octanol–water partition coefficient (Wildman–Crippen LogP) is 4.68. The number of nitrogens with one attached hydrogen (secondary N) is 1. The molecule has 0 aliphatic carbocycles. The number of hydrogen-bond donors (Lipinski definition) is 1. The van der Waals surface area contributed by atoms with E-state index in [4.69, 9.17) is 11.6 Å². The molecule has 24 heavy (non-hydrogen) atoms. The molecule has 0 unspecified atom stereocenters. The molecule has 3 aromatic rings. The van der Waals surface area contributed by atoms with E-state index in [1.165, 1.54) is 23.1 Å². The summed E-state index contributed by atoms with van der Waals surface area (Å²) in [6.07, 6.45) is 0.464. The Morgan fingerprint density at radius 1 is 1.33 bits per heavy atom. The first-order chi connectivity index (χ1) is 11.5. The summed E-state index contributed by atoms with van der Waals surface area (Å²) in [5.41, 5.74) is 1.70. The highest BCUT2D eigenvalue weighted by Crippen LogP contribution is 2.36. The monoisotopic (exact) mass is 378 g/mol. The highest BCUT2D eigenvalue weighted by Gasteiger charge is 2.16. The molecule has 0 saturated heterocycles. The quantitative estimate of drug-likeness (QED) is 0.517. The van der Waals surface area contributed by atoms with Crippen molar-refractivity contribution in [2.24, 2.45) is 0 Å². The van der Waals surface area contributed by atoms with Crippen molar-refractivity contribution in [2.75, 3.05) is 5.75 Å². The van der Waals surface area contributed by atoms with E-state index in [0.29, 0.717) is 32.6 Å². The molecule has 2 heterocycles. The number of thiophene rings is 1. The number of aromatic nitrogens is 2. The number of aryl methyl sites for hydroxylation is 1. The summed E-state index contributed by atoms with van der Waals surface area (Å²) in [4.78, 5) is 32.7. The molecular formula is C17H15ClN2O2S2. The average Bonchev–Trinajstić information content (AvgIpc) is 2.84. The number of ketones is 1. The number of benzene rings is 1. The molecule has 0 atom stereocenters. The summed E-state index contributed by atoms with van der Waals surface area (Å²) < 4.78 is 0.